The number of carbonyl (C=O) groups is 1. The van der Waals surface area contributed by atoms with Crippen LogP contribution in [0.1, 0.15) is 23.3 Å². The van der Waals surface area contributed by atoms with E-state index in [0.29, 0.717) is 23.2 Å². The van der Waals surface area contributed by atoms with Crippen LogP contribution in [0.5, 0.6) is 23.0 Å². The summed E-state index contributed by atoms with van der Waals surface area (Å²) < 4.78 is 9.62. The second kappa shape index (κ2) is 14.9. The van der Waals surface area contributed by atoms with Crippen molar-refractivity contribution in [2.45, 2.75) is 7.43 Å². The van der Waals surface area contributed by atoms with Crippen LogP contribution >= 0.6 is 0 Å². The Morgan fingerprint density at radius 2 is 1.30 bits per heavy atom. The van der Waals surface area contributed by atoms with Crippen molar-refractivity contribution in [3.05, 3.63) is 74.0 Å². The average molecular weight is 424 g/mol. The van der Waals surface area contributed by atoms with Gasteiger partial charge in [0.2, 0.25) is 6.20 Å². The summed E-state index contributed by atoms with van der Waals surface area (Å²) in [4.78, 5) is 28.0. The molecule has 11 nitrogen and oxygen atoms in total. The van der Waals surface area contributed by atoms with E-state index in [2.05, 4.69) is 0 Å². The summed E-state index contributed by atoms with van der Waals surface area (Å²) in [5.74, 6) is 0.647. The van der Waals surface area contributed by atoms with E-state index in [4.69, 9.17) is 24.7 Å². The molecular weight excluding hydrogens is 400 g/mol. The molecule has 2 aromatic carbocycles. The number of aromatic hydroxyl groups is 2. The number of phenolic OH excluding ortho intramolecular Hbond substituents is 2. The molecule has 2 N–H and O–H groups in total. The predicted octanol–water partition coefficient (Wildman–Crippen LogP) is 3.39. The van der Waals surface area contributed by atoms with Gasteiger partial charge in [-0.3, -0.25) is 25.0 Å². The minimum atomic E-state index is -0.556. The number of nitrogens with zero attached hydrogens (tertiary/aromatic N) is 2. The van der Waals surface area contributed by atoms with Crippen LogP contribution < -0.4 is 9.47 Å². The number of nitro groups is 2. The molecule has 0 heterocycles. The molecule has 164 valence electrons. The molecule has 0 saturated carbocycles. The van der Waals surface area contributed by atoms with Crippen LogP contribution in [-0.2, 0) is 0 Å². The number of methoxy groups -OCH3 is 2. The fraction of sp³-hybridized carbons (Fsp3) is 0.211. The molecule has 2 rings (SSSR count). The molecule has 0 fully saturated rings. The van der Waals surface area contributed by atoms with E-state index in [-0.39, 0.29) is 24.7 Å². The zero-order valence-corrected chi connectivity index (χ0v) is 15.8. The third-order valence-electron chi connectivity index (χ3n) is 2.93. The summed E-state index contributed by atoms with van der Waals surface area (Å²) in [6.07, 6.45) is 2.84. The molecule has 0 saturated heterocycles. The van der Waals surface area contributed by atoms with E-state index >= 15 is 0 Å². The van der Waals surface area contributed by atoms with Crippen molar-refractivity contribution in [1.29, 1.82) is 0 Å². The van der Waals surface area contributed by atoms with E-state index in [1.807, 2.05) is 0 Å². The van der Waals surface area contributed by atoms with Gasteiger partial charge in [0.1, 0.15) is 6.29 Å². The van der Waals surface area contributed by atoms with Gasteiger partial charge in [-0.15, -0.1) is 0 Å². The van der Waals surface area contributed by atoms with Gasteiger partial charge in [-0.25, -0.2) is 0 Å². The van der Waals surface area contributed by atoms with Crippen LogP contribution in [0.2, 0.25) is 0 Å². The van der Waals surface area contributed by atoms with E-state index in [1.165, 1.54) is 50.6 Å². The first-order valence-corrected chi connectivity index (χ1v) is 7.73. The molecule has 0 unspecified atom stereocenters. The largest absolute Gasteiger partial charge is 0.504 e. The van der Waals surface area contributed by atoms with E-state index in [9.17, 15) is 20.0 Å². The van der Waals surface area contributed by atoms with Gasteiger partial charge in [-0.2, -0.15) is 0 Å². The molecular formula is C19H24N2O9. The first-order valence-electron chi connectivity index (χ1n) is 7.73. The molecule has 0 aliphatic carbocycles. The van der Waals surface area contributed by atoms with Crippen molar-refractivity contribution in [1.82, 2.24) is 0 Å². The first kappa shape index (κ1) is 28.1. The third-order valence-corrected chi connectivity index (χ3v) is 2.93. The van der Waals surface area contributed by atoms with Crippen molar-refractivity contribution in [3.8, 4) is 23.0 Å². The quantitative estimate of drug-likeness (QED) is 0.416. The predicted molar refractivity (Wildman–Crippen MR) is 110 cm³/mol. The summed E-state index contributed by atoms with van der Waals surface area (Å²) in [5, 5.41) is 37.2. The van der Waals surface area contributed by atoms with E-state index in [1.54, 1.807) is 6.07 Å². The lowest BCUT2D eigenvalue weighted by Crippen LogP contribution is -1.85. The fourth-order valence-corrected chi connectivity index (χ4v) is 1.71. The highest BCUT2D eigenvalue weighted by Gasteiger charge is 2.01. The molecule has 0 bridgehead atoms. The van der Waals surface area contributed by atoms with Gasteiger partial charge >= 0.3 is 0 Å². The van der Waals surface area contributed by atoms with E-state index in [0.717, 1.165) is 13.2 Å². The number of benzene rings is 2. The van der Waals surface area contributed by atoms with Gasteiger partial charge in [0, 0.05) is 16.6 Å². The number of phenols is 2. The van der Waals surface area contributed by atoms with Crippen molar-refractivity contribution in [3.63, 3.8) is 0 Å². The number of rotatable bonds is 5. The number of hydrogen-bond donors (Lipinski definition) is 2. The Labute approximate surface area is 173 Å². The van der Waals surface area contributed by atoms with Crippen molar-refractivity contribution >= 4 is 12.4 Å². The van der Waals surface area contributed by atoms with Crippen LogP contribution in [0.15, 0.2) is 42.6 Å². The molecule has 2 aromatic rings. The Hall–Kier alpha value is -4.15. The minimum absolute atomic E-state index is 0. The van der Waals surface area contributed by atoms with Gasteiger partial charge in [0.15, 0.2) is 30.0 Å². The Morgan fingerprint density at radius 3 is 1.67 bits per heavy atom. The second-order valence-electron chi connectivity index (χ2n) is 5.02. The van der Waals surface area contributed by atoms with Crippen LogP contribution in [0, 0.1) is 20.2 Å². The highest BCUT2D eigenvalue weighted by Crippen LogP contribution is 2.26. The maximum absolute atomic E-state index is 10.2. The summed E-state index contributed by atoms with van der Waals surface area (Å²) in [6.45, 7) is 0. The molecule has 0 aromatic heterocycles. The summed E-state index contributed by atoms with van der Waals surface area (Å²) in [5.41, 5.74) is 1.08. The molecule has 0 aliphatic rings. The number of hydrogen-bond acceptors (Lipinski definition) is 9. The van der Waals surface area contributed by atoms with Crippen molar-refractivity contribution < 1.29 is 34.3 Å². The Morgan fingerprint density at radius 1 is 0.900 bits per heavy atom. The smallest absolute Gasteiger partial charge is 0.235 e. The Kier molecular flexibility index (Phi) is 13.9. The highest BCUT2D eigenvalue weighted by molar-refractivity contribution is 5.76. The number of ether oxygens (including phenoxy) is 2. The molecule has 0 amide bonds. The normalized spacial score (nSPS) is 9.03. The third kappa shape index (κ3) is 11.5. The summed E-state index contributed by atoms with van der Waals surface area (Å²) in [6, 6.07) is 8.89. The number of aldehydes is 1. The lowest BCUT2D eigenvalue weighted by molar-refractivity contribution is -0.445. The molecule has 0 atom stereocenters. The Balaban J connectivity index is 0. The standard InChI is InChI=1S/C9H9NO4.C8H8O3.CH3NO2.CH4/c1-14-9-6-7(2-3-8(9)11)4-5-10(12)13;1-11-8-4-6(5-9)2-3-7(8)10;1-2(3)4;/h2-6,11H,1H3;2-5,10H,1H3;1H3;1H4. The van der Waals surface area contributed by atoms with Crippen molar-refractivity contribution in [2.24, 2.45) is 0 Å². The topological polar surface area (TPSA) is 162 Å². The van der Waals surface area contributed by atoms with Gasteiger partial charge < -0.3 is 19.7 Å². The van der Waals surface area contributed by atoms with E-state index < -0.39 is 9.85 Å². The molecule has 11 heteroatoms. The molecule has 0 aliphatic heterocycles. The lowest BCUT2D eigenvalue weighted by Gasteiger charge is -2.02. The monoisotopic (exact) mass is 424 g/mol. The first-order chi connectivity index (χ1) is 13.6. The van der Waals surface area contributed by atoms with Gasteiger partial charge in [0.25, 0.3) is 0 Å². The van der Waals surface area contributed by atoms with Crippen LogP contribution in [-0.4, -0.2) is 47.6 Å². The second-order valence-corrected chi connectivity index (χ2v) is 5.02. The summed E-state index contributed by atoms with van der Waals surface area (Å²) >= 11 is 0. The fourth-order valence-electron chi connectivity index (χ4n) is 1.71. The van der Waals surface area contributed by atoms with Gasteiger partial charge in [-0.1, -0.05) is 13.5 Å². The maximum atomic E-state index is 10.2. The van der Waals surface area contributed by atoms with Crippen LogP contribution in [0.25, 0.3) is 6.08 Å². The SMILES string of the molecule is C.COc1cc(C=C[N+](=O)[O-])ccc1O.COc1cc(C=O)ccc1O.C[N+](=O)[O-]. The summed E-state index contributed by atoms with van der Waals surface area (Å²) in [7, 11) is 3.74. The molecule has 0 spiro atoms. The van der Waals surface area contributed by atoms with Gasteiger partial charge in [0.05, 0.1) is 19.1 Å². The minimum Gasteiger partial charge on any atom is -0.504 e. The molecule has 30 heavy (non-hydrogen) atoms. The molecule has 0 radical (unpaired) electrons. The van der Waals surface area contributed by atoms with Gasteiger partial charge in [-0.05, 0) is 35.9 Å². The van der Waals surface area contributed by atoms with Crippen LogP contribution in [0.3, 0.4) is 0 Å². The lowest BCUT2D eigenvalue weighted by atomic mass is 10.2. The zero-order valence-electron chi connectivity index (χ0n) is 15.8. The zero-order chi connectivity index (χ0) is 22.4. The maximum Gasteiger partial charge on any atom is 0.235 e. The van der Waals surface area contributed by atoms with Crippen LogP contribution in [0.4, 0.5) is 0 Å². The highest BCUT2D eigenvalue weighted by atomic mass is 16.6. The van der Waals surface area contributed by atoms with Crippen molar-refractivity contribution in [2.75, 3.05) is 21.3 Å². The average Bonchev–Trinajstić information content (AvgIpc) is 2.67. The number of carbonyl (C=O) groups excluding carboxylic acids is 1. The Bertz CT molecular complexity index is 863.